The Morgan fingerprint density at radius 1 is 0.879 bits per heavy atom. The number of rotatable bonds is 7. The van der Waals surface area contributed by atoms with Gasteiger partial charge in [0.15, 0.2) is 18.1 Å². The first-order valence-corrected chi connectivity index (χ1v) is 10.1. The normalized spacial score (nSPS) is 10.8. The number of hydrogen-bond acceptors (Lipinski definition) is 8. The lowest BCUT2D eigenvalue weighted by molar-refractivity contribution is -0.136. The molecule has 8 heteroatoms. The van der Waals surface area contributed by atoms with Gasteiger partial charge in [-0.2, -0.15) is 0 Å². The summed E-state index contributed by atoms with van der Waals surface area (Å²) in [5, 5.41) is 1.36. The molecule has 0 bridgehead atoms. The van der Waals surface area contributed by atoms with Gasteiger partial charge in [0, 0.05) is 16.8 Å². The number of carbonyl (C=O) groups excluding carboxylic acids is 1. The highest BCUT2D eigenvalue weighted by Gasteiger charge is 2.21. The number of aryl methyl sites for hydroxylation is 1. The number of carbonyl (C=O) groups is 1. The summed E-state index contributed by atoms with van der Waals surface area (Å²) in [6.07, 6.45) is 0. The largest absolute Gasteiger partial charge is 0.493 e. The van der Waals surface area contributed by atoms with E-state index in [1.165, 1.54) is 27.4 Å². The van der Waals surface area contributed by atoms with Gasteiger partial charge in [-0.3, -0.25) is 0 Å². The number of fused-ring (bicyclic) bond motifs is 3. The highest BCUT2D eigenvalue weighted by atomic mass is 16.6. The molecule has 0 aliphatic heterocycles. The minimum atomic E-state index is -0.594. The fraction of sp³-hybridized carbons (Fsp3) is 0.200. The van der Waals surface area contributed by atoms with Crippen LogP contribution in [-0.4, -0.2) is 33.9 Å². The summed E-state index contributed by atoms with van der Waals surface area (Å²) < 4.78 is 32.7. The first-order chi connectivity index (χ1) is 16.0. The summed E-state index contributed by atoms with van der Waals surface area (Å²) in [5.74, 6) is 1.24. The second kappa shape index (κ2) is 9.12. The molecule has 4 rings (SSSR count). The molecule has 0 radical (unpaired) electrons. The van der Waals surface area contributed by atoms with Crippen LogP contribution in [0.4, 0.5) is 0 Å². The molecule has 0 spiro atoms. The number of benzene rings is 3. The molecule has 0 atom stereocenters. The van der Waals surface area contributed by atoms with Gasteiger partial charge < -0.3 is 28.1 Å². The lowest BCUT2D eigenvalue weighted by atomic mass is 10.0. The van der Waals surface area contributed by atoms with Crippen LogP contribution in [0.15, 0.2) is 57.7 Å². The predicted octanol–water partition coefficient (Wildman–Crippen LogP) is 4.26. The molecular weight excluding hydrogens is 428 g/mol. The van der Waals surface area contributed by atoms with E-state index in [0.717, 1.165) is 5.56 Å². The van der Waals surface area contributed by atoms with Crippen LogP contribution in [0.25, 0.3) is 21.7 Å². The molecule has 0 saturated heterocycles. The lowest BCUT2D eigenvalue weighted by Crippen LogP contribution is -2.18. The van der Waals surface area contributed by atoms with E-state index in [9.17, 15) is 9.59 Å². The van der Waals surface area contributed by atoms with Gasteiger partial charge in [0.2, 0.25) is 5.75 Å². The van der Waals surface area contributed by atoms with Crippen molar-refractivity contribution in [3.63, 3.8) is 0 Å². The van der Waals surface area contributed by atoms with E-state index in [0.29, 0.717) is 33.8 Å². The first kappa shape index (κ1) is 22.0. The van der Waals surface area contributed by atoms with Gasteiger partial charge in [0.05, 0.1) is 26.7 Å². The van der Waals surface area contributed by atoms with Crippen molar-refractivity contribution in [3.05, 3.63) is 64.5 Å². The topological polar surface area (TPSA) is 93.4 Å². The Morgan fingerprint density at radius 3 is 2.33 bits per heavy atom. The van der Waals surface area contributed by atoms with E-state index in [4.69, 9.17) is 28.1 Å². The second-order valence-corrected chi connectivity index (χ2v) is 7.14. The summed E-state index contributed by atoms with van der Waals surface area (Å²) in [4.78, 5) is 25.0. The Labute approximate surface area is 189 Å². The van der Waals surface area contributed by atoms with Gasteiger partial charge in [0.1, 0.15) is 17.1 Å². The molecule has 4 aromatic rings. The monoisotopic (exact) mass is 450 g/mol. The quantitative estimate of drug-likeness (QED) is 0.178. The number of ether oxygens (including phenoxy) is 5. The Balaban J connectivity index is 1.69. The van der Waals surface area contributed by atoms with Crippen LogP contribution < -0.4 is 29.3 Å². The van der Waals surface area contributed by atoms with Crippen molar-refractivity contribution in [1.29, 1.82) is 0 Å². The van der Waals surface area contributed by atoms with Crippen LogP contribution in [0, 0.1) is 6.92 Å². The van der Waals surface area contributed by atoms with E-state index >= 15 is 0 Å². The second-order valence-electron chi connectivity index (χ2n) is 7.14. The number of esters is 1. The van der Waals surface area contributed by atoms with Crippen molar-refractivity contribution in [2.45, 2.75) is 6.92 Å². The molecule has 0 saturated carbocycles. The van der Waals surface area contributed by atoms with Crippen LogP contribution in [-0.2, 0) is 4.79 Å². The molecule has 8 nitrogen and oxygen atoms in total. The molecule has 0 amide bonds. The maximum Gasteiger partial charge on any atom is 0.349 e. The number of para-hydroxylation sites is 1. The predicted molar refractivity (Wildman–Crippen MR) is 122 cm³/mol. The molecule has 0 fully saturated rings. The highest BCUT2D eigenvalue weighted by Crippen LogP contribution is 2.45. The number of methoxy groups -OCH3 is 3. The molecular formula is C25H22O8. The van der Waals surface area contributed by atoms with Crippen LogP contribution in [0.1, 0.15) is 5.56 Å². The first-order valence-electron chi connectivity index (χ1n) is 10.1. The fourth-order valence-electron chi connectivity index (χ4n) is 3.61. The van der Waals surface area contributed by atoms with E-state index in [1.54, 1.807) is 24.3 Å². The summed E-state index contributed by atoms with van der Waals surface area (Å²) in [6.45, 7) is 1.62. The maximum atomic E-state index is 12.7. The molecule has 1 aromatic heterocycles. The van der Waals surface area contributed by atoms with Crippen LogP contribution in [0.3, 0.4) is 0 Å². The van der Waals surface area contributed by atoms with Gasteiger partial charge in [-0.15, -0.1) is 0 Å². The molecule has 0 aliphatic rings. The van der Waals surface area contributed by atoms with Crippen molar-refractivity contribution < 1.29 is 32.9 Å². The van der Waals surface area contributed by atoms with Crippen LogP contribution in [0.5, 0.6) is 28.7 Å². The zero-order chi connectivity index (χ0) is 23.5. The van der Waals surface area contributed by atoms with Gasteiger partial charge in [0.25, 0.3) is 0 Å². The number of hydrogen-bond donors (Lipinski definition) is 0. The third-order valence-electron chi connectivity index (χ3n) is 5.15. The summed E-state index contributed by atoms with van der Waals surface area (Å²) >= 11 is 0. The standard InChI is InChI=1S/C25H22O8/c1-14-7-5-6-8-18(14)31-13-21(26)32-15-9-10-16-19(11-15)33-25(27)17-12-20(28-2)23(29-3)24(30-4)22(16)17/h5-12H,13H2,1-4H3. The lowest BCUT2D eigenvalue weighted by Gasteiger charge is -2.15. The van der Waals surface area contributed by atoms with Gasteiger partial charge >= 0.3 is 11.6 Å². The Bertz CT molecular complexity index is 1400. The minimum absolute atomic E-state index is 0.211. The van der Waals surface area contributed by atoms with Crippen molar-refractivity contribution in [2.24, 2.45) is 0 Å². The molecule has 0 aliphatic carbocycles. The summed E-state index contributed by atoms with van der Waals surface area (Å²) in [5.41, 5.74) is 0.539. The Morgan fingerprint density at radius 2 is 1.64 bits per heavy atom. The summed E-state index contributed by atoms with van der Waals surface area (Å²) in [7, 11) is 4.42. The van der Waals surface area contributed by atoms with E-state index < -0.39 is 11.6 Å². The molecule has 33 heavy (non-hydrogen) atoms. The minimum Gasteiger partial charge on any atom is -0.493 e. The smallest absolute Gasteiger partial charge is 0.349 e. The van der Waals surface area contributed by atoms with Crippen LogP contribution in [0.2, 0.25) is 0 Å². The average Bonchev–Trinajstić information content (AvgIpc) is 2.82. The summed E-state index contributed by atoms with van der Waals surface area (Å²) in [6, 6.07) is 13.7. The van der Waals surface area contributed by atoms with Crippen molar-refractivity contribution >= 4 is 27.7 Å². The van der Waals surface area contributed by atoms with E-state index in [1.807, 2.05) is 25.1 Å². The third kappa shape index (κ3) is 4.15. The van der Waals surface area contributed by atoms with E-state index in [-0.39, 0.29) is 23.3 Å². The maximum absolute atomic E-state index is 12.7. The Kier molecular flexibility index (Phi) is 6.08. The zero-order valence-electron chi connectivity index (χ0n) is 18.6. The molecule has 1 heterocycles. The molecule has 0 N–H and O–H groups in total. The molecule has 3 aromatic carbocycles. The zero-order valence-corrected chi connectivity index (χ0v) is 18.6. The average molecular weight is 450 g/mol. The van der Waals surface area contributed by atoms with E-state index in [2.05, 4.69) is 0 Å². The van der Waals surface area contributed by atoms with Crippen molar-refractivity contribution in [2.75, 3.05) is 27.9 Å². The SMILES string of the molecule is COc1cc2c(=O)oc3cc(OC(=O)COc4ccccc4C)ccc3c2c(OC)c1OC. The molecule has 170 valence electrons. The van der Waals surface area contributed by atoms with Crippen molar-refractivity contribution in [3.8, 4) is 28.7 Å². The third-order valence-corrected chi connectivity index (χ3v) is 5.15. The fourth-order valence-corrected chi connectivity index (χ4v) is 3.61. The van der Waals surface area contributed by atoms with Gasteiger partial charge in [-0.1, -0.05) is 18.2 Å². The van der Waals surface area contributed by atoms with Gasteiger partial charge in [-0.25, -0.2) is 9.59 Å². The van der Waals surface area contributed by atoms with Gasteiger partial charge in [-0.05, 0) is 36.8 Å². The highest BCUT2D eigenvalue weighted by molar-refractivity contribution is 6.10. The molecule has 0 unspecified atom stereocenters. The Hall–Kier alpha value is -4.20. The van der Waals surface area contributed by atoms with Crippen LogP contribution >= 0.6 is 0 Å². The van der Waals surface area contributed by atoms with Crippen molar-refractivity contribution in [1.82, 2.24) is 0 Å².